The topological polar surface area (TPSA) is 102 Å². The second-order valence-corrected chi connectivity index (χ2v) is 10.1. The molecule has 1 unspecified atom stereocenters. The minimum Gasteiger partial charge on any atom is -0.482 e. The van der Waals surface area contributed by atoms with Crippen molar-refractivity contribution in [2.75, 3.05) is 26.3 Å². The molecule has 3 rings (SSSR count). The van der Waals surface area contributed by atoms with E-state index in [0.717, 1.165) is 11.1 Å². The Labute approximate surface area is 210 Å². The molecule has 0 aliphatic heterocycles. The normalized spacial score (nSPS) is 12.2. The fourth-order valence-electron chi connectivity index (χ4n) is 3.35. The Morgan fingerprint density at radius 2 is 1.77 bits per heavy atom. The molecule has 0 aliphatic rings. The van der Waals surface area contributed by atoms with Gasteiger partial charge in [0.1, 0.15) is 5.75 Å². The number of sulfone groups is 1. The van der Waals surface area contributed by atoms with Crippen LogP contribution in [0.15, 0.2) is 82.6 Å². The smallest absolute Gasteiger partial charge is 0.344 e. The number of esters is 1. The minimum atomic E-state index is -3.75. The fraction of sp³-hybridized carbons (Fsp3) is 0.269. The highest BCUT2D eigenvalue weighted by Crippen LogP contribution is 2.25. The van der Waals surface area contributed by atoms with Crippen molar-refractivity contribution in [3.05, 3.63) is 88.9 Å². The predicted octanol–water partition coefficient (Wildman–Crippen LogP) is 3.98. The van der Waals surface area contributed by atoms with Crippen molar-refractivity contribution in [2.24, 2.45) is 0 Å². The SMILES string of the molecule is CCOC(=O)COc1cccc(S(=O)(=O)c2ccc(CCNCC(O)c3cccc(Cl)c3)cc2)c1. The predicted molar refractivity (Wildman–Crippen MR) is 133 cm³/mol. The van der Waals surface area contributed by atoms with Crippen molar-refractivity contribution in [2.45, 2.75) is 29.2 Å². The van der Waals surface area contributed by atoms with Crippen LogP contribution in [-0.4, -0.2) is 45.8 Å². The summed E-state index contributed by atoms with van der Waals surface area (Å²) in [6, 6.07) is 19.8. The van der Waals surface area contributed by atoms with E-state index in [2.05, 4.69) is 5.32 Å². The number of nitrogens with one attached hydrogen (secondary N) is 1. The van der Waals surface area contributed by atoms with E-state index in [1.165, 1.54) is 12.1 Å². The van der Waals surface area contributed by atoms with Crippen LogP contribution in [-0.2, 0) is 25.8 Å². The summed E-state index contributed by atoms with van der Waals surface area (Å²) in [4.78, 5) is 11.7. The Bertz CT molecular complexity index is 1230. The van der Waals surface area contributed by atoms with E-state index in [4.69, 9.17) is 21.1 Å². The number of benzene rings is 3. The number of ether oxygens (including phenoxy) is 2. The van der Waals surface area contributed by atoms with Crippen molar-refractivity contribution in [3.8, 4) is 5.75 Å². The van der Waals surface area contributed by atoms with Gasteiger partial charge in [0.25, 0.3) is 0 Å². The highest BCUT2D eigenvalue weighted by Gasteiger charge is 2.18. The summed E-state index contributed by atoms with van der Waals surface area (Å²) in [5.74, 6) is -0.258. The average Bonchev–Trinajstić information content (AvgIpc) is 2.86. The van der Waals surface area contributed by atoms with Crippen LogP contribution in [0.2, 0.25) is 5.02 Å². The third-order valence-electron chi connectivity index (χ3n) is 5.17. The van der Waals surface area contributed by atoms with Gasteiger partial charge in [0.05, 0.1) is 22.5 Å². The maximum absolute atomic E-state index is 13.0. The zero-order chi connectivity index (χ0) is 25.3. The van der Waals surface area contributed by atoms with E-state index in [1.54, 1.807) is 61.5 Å². The number of carbonyl (C=O) groups is 1. The maximum atomic E-state index is 13.0. The summed E-state index contributed by atoms with van der Waals surface area (Å²) in [5, 5.41) is 14.0. The lowest BCUT2D eigenvalue weighted by molar-refractivity contribution is -0.145. The molecule has 0 aliphatic carbocycles. The van der Waals surface area contributed by atoms with Gasteiger partial charge < -0.3 is 19.9 Å². The number of aliphatic hydroxyl groups excluding tert-OH is 1. The number of aliphatic hydroxyl groups is 1. The summed E-state index contributed by atoms with van der Waals surface area (Å²) in [7, 11) is -3.75. The first-order valence-electron chi connectivity index (χ1n) is 11.2. The van der Waals surface area contributed by atoms with Crippen LogP contribution in [0.4, 0.5) is 0 Å². The molecule has 35 heavy (non-hydrogen) atoms. The van der Waals surface area contributed by atoms with E-state index in [-0.39, 0.29) is 28.8 Å². The van der Waals surface area contributed by atoms with Gasteiger partial charge in [-0.2, -0.15) is 0 Å². The zero-order valence-corrected chi connectivity index (χ0v) is 20.9. The number of carbonyl (C=O) groups excluding carboxylic acids is 1. The van der Waals surface area contributed by atoms with Crippen molar-refractivity contribution in [3.63, 3.8) is 0 Å². The molecule has 9 heteroatoms. The molecule has 0 spiro atoms. The maximum Gasteiger partial charge on any atom is 0.344 e. The van der Waals surface area contributed by atoms with Crippen LogP contribution in [0.3, 0.4) is 0 Å². The van der Waals surface area contributed by atoms with Crippen LogP contribution in [0.1, 0.15) is 24.2 Å². The Balaban J connectivity index is 1.54. The molecular weight excluding hydrogens is 490 g/mol. The molecule has 0 amide bonds. The van der Waals surface area contributed by atoms with Crippen LogP contribution in [0, 0.1) is 0 Å². The molecule has 1 atom stereocenters. The van der Waals surface area contributed by atoms with Crippen LogP contribution in [0.25, 0.3) is 0 Å². The molecule has 2 N–H and O–H groups in total. The van der Waals surface area contributed by atoms with Gasteiger partial charge in [-0.25, -0.2) is 13.2 Å². The highest BCUT2D eigenvalue weighted by atomic mass is 35.5. The van der Waals surface area contributed by atoms with Gasteiger partial charge in [-0.1, -0.05) is 41.9 Å². The molecule has 0 saturated carbocycles. The van der Waals surface area contributed by atoms with E-state index >= 15 is 0 Å². The number of halogens is 1. The molecule has 0 radical (unpaired) electrons. The Kier molecular flexibility index (Phi) is 9.68. The first-order valence-corrected chi connectivity index (χ1v) is 13.0. The van der Waals surface area contributed by atoms with Gasteiger partial charge in [-0.3, -0.25) is 0 Å². The van der Waals surface area contributed by atoms with E-state index in [1.807, 2.05) is 6.07 Å². The molecule has 3 aromatic rings. The van der Waals surface area contributed by atoms with E-state index < -0.39 is 21.9 Å². The van der Waals surface area contributed by atoms with E-state index in [0.29, 0.717) is 24.5 Å². The molecule has 7 nitrogen and oxygen atoms in total. The zero-order valence-electron chi connectivity index (χ0n) is 19.3. The molecule has 0 heterocycles. The molecule has 0 bridgehead atoms. The van der Waals surface area contributed by atoms with Crippen LogP contribution < -0.4 is 10.1 Å². The quantitative estimate of drug-likeness (QED) is 0.277. The number of hydrogen-bond acceptors (Lipinski definition) is 7. The van der Waals surface area contributed by atoms with Crippen molar-refractivity contribution >= 4 is 27.4 Å². The standard InChI is InChI=1S/C26H28ClNO6S/c1-2-33-26(30)18-34-22-7-4-8-24(16-22)35(31,32)23-11-9-19(10-12-23)13-14-28-17-25(29)20-5-3-6-21(27)15-20/h3-12,15-16,25,28-29H,2,13-14,17-18H2,1H3. The first-order chi connectivity index (χ1) is 16.8. The molecule has 0 aromatic heterocycles. The number of rotatable bonds is 12. The molecule has 3 aromatic carbocycles. The third-order valence-corrected chi connectivity index (χ3v) is 7.18. The largest absolute Gasteiger partial charge is 0.482 e. The summed E-state index contributed by atoms with van der Waals surface area (Å²) in [6.07, 6.45) is -0.00184. The average molecular weight is 518 g/mol. The Hall–Kier alpha value is -2.91. The van der Waals surface area contributed by atoms with Crippen molar-refractivity contribution in [1.29, 1.82) is 0 Å². The Morgan fingerprint density at radius 1 is 1.03 bits per heavy atom. The lowest BCUT2D eigenvalue weighted by atomic mass is 10.1. The van der Waals surface area contributed by atoms with Gasteiger partial charge in [0.15, 0.2) is 6.61 Å². The third kappa shape index (κ3) is 7.80. The summed E-state index contributed by atoms with van der Waals surface area (Å²) in [5.41, 5.74) is 1.70. The minimum absolute atomic E-state index is 0.0725. The van der Waals surface area contributed by atoms with Crippen molar-refractivity contribution in [1.82, 2.24) is 5.32 Å². The lowest BCUT2D eigenvalue weighted by Gasteiger charge is -2.13. The molecule has 0 fully saturated rings. The van der Waals surface area contributed by atoms with Crippen LogP contribution in [0.5, 0.6) is 5.75 Å². The summed E-state index contributed by atoms with van der Waals surface area (Å²) >= 11 is 5.96. The van der Waals surface area contributed by atoms with Gasteiger partial charge in [-0.05, 0) is 73.5 Å². The molecule has 0 saturated heterocycles. The summed E-state index contributed by atoms with van der Waals surface area (Å²) < 4.78 is 36.2. The van der Waals surface area contributed by atoms with Gasteiger partial charge >= 0.3 is 5.97 Å². The first kappa shape index (κ1) is 26.7. The second kappa shape index (κ2) is 12.7. The Morgan fingerprint density at radius 3 is 2.49 bits per heavy atom. The van der Waals surface area contributed by atoms with Gasteiger partial charge in [-0.15, -0.1) is 0 Å². The van der Waals surface area contributed by atoms with Gasteiger partial charge in [0, 0.05) is 11.6 Å². The van der Waals surface area contributed by atoms with Crippen LogP contribution >= 0.6 is 11.6 Å². The van der Waals surface area contributed by atoms with Crippen molar-refractivity contribution < 1.29 is 27.8 Å². The van der Waals surface area contributed by atoms with E-state index in [9.17, 15) is 18.3 Å². The summed E-state index contributed by atoms with van der Waals surface area (Å²) in [6.45, 7) is 2.63. The molecule has 186 valence electrons. The monoisotopic (exact) mass is 517 g/mol. The highest BCUT2D eigenvalue weighted by molar-refractivity contribution is 7.91. The lowest BCUT2D eigenvalue weighted by Crippen LogP contribution is -2.23. The number of hydrogen-bond donors (Lipinski definition) is 2. The second-order valence-electron chi connectivity index (χ2n) is 7.74. The fourth-order valence-corrected chi connectivity index (χ4v) is 4.84. The van der Waals surface area contributed by atoms with Gasteiger partial charge in [0.2, 0.25) is 9.84 Å². The molecular formula is C26H28ClNO6S.